The quantitative estimate of drug-likeness (QED) is 0.863. The molecule has 3 aliphatic rings. The van der Waals surface area contributed by atoms with Crippen molar-refractivity contribution in [2.75, 3.05) is 6.54 Å². The molecule has 21 heavy (non-hydrogen) atoms. The number of carbonyl (C=O) groups excluding carboxylic acids is 1. The second kappa shape index (κ2) is 5.91. The van der Waals surface area contributed by atoms with E-state index >= 15 is 0 Å². The molecule has 0 aromatic rings. The van der Waals surface area contributed by atoms with E-state index in [0.717, 1.165) is 25.3 Å². The van der Waals surface area contributed by atoms with Gasteiger partial charge in [-0.25, -0.2) is 0 Å². The summed E-state index contributed by atoms with van der Waals surface area (Å²) in [6, 6.07) is 0. The Kier molecular flexibility index (Phi) is 4.31. The molecule has 1 aliphatic heterocycles. The van der Waals surface area contributed by atoms with Gasteiger partial charge in [-0.15, -0.1) is 0 Å². The molecule has 3 atom stereocenters. The lowest BCUT2D eigenvalue weighted by atomic mass is 9.80. The summed E-state index contributed by atoms with van der Waals surface area (Å²) in [7, 11) is 0. The highest BCUT2D eigenvalue weighted by molar-refractivity contribution is 5.89. The minimum Gasteiger partial charge on any atom is -0.325 e. The van der Waals surface area contributed by atoms with Crippen LogP contribution in [0.1, 0.15) is 72.1 Å². The summed E-state index contributed by atoms with van der Waals surface area (Å²) in [5, 5.41) is 3.75. The number of hydrogen-bond donors (Lipinski definition) is 1. The largest absolute Gasteiger partial charge is 0.325 e. The van der Waals surface area contributed by atoms with E-state index in [0.29, 0.717) is 17.7 Å². The van der Waals surface area contributed by atoms with Crippen molar-refractivity contribution in [3.05, 3.63) is 0 Å². The average Bonchev–Trinajstić information content (AvgIpc) is 3.02. The van der Waals surface area contributed by atoms with Crippen molar-refractivity contribution >= 4 is 5.91 Å². The summed E-state index contributed by atoms with van der Waals surface area (Å²) in [5.74, 6) is 2.39. The molecule has 1 amide bonds. The van der Waals surface area contributed by atoms with E-state index in [1.165, 1.54) is 38.5 Å². The van der Waals surface area contributed by atoms with Crippen LogP contribution in [0.2, 0.25) is 0 Å². The van der Waals surface area contributed by atoms with Crippen LogP contribution in [-0.4, -0.2) is 29.1 Å². The highest BCUT2D eigenvalue weighted by Gasteiger charge is 2.53. The maximum Gasteiger partial charge on any atom is 0.244 e. The lowest BCUT2D eigenvalue weighted by molar-refractivity contribution is -0.134. The van der Waals surface area contributed by atoms with Crippen LogP contribution in [-0.2, 0) is 4.79 Å². The van der Waals surface area contributed by atoms with Gasteiger partial charge in [0.1, 0.15) is 0 Å². The van der Waals surface area contributed by atoms with E-state index in [9.17, 15) is 4.79 Å². The molecule has 1 N–H and O–H groups in total. The molecule has 3 heteroatoms. The first-order valence-corrected chi connectivity index (χ1v) is 9.12. The van der Waals surface area contributed by atoms with Crippen molar-refractivity contribution < 1.29 is 4.79 Å². The Morgan fingerprint density at radius 1 is 1.19 bits per heavy atom. The summed E-state index contributed by atoms with van der Waals surface area (Å²) < 4.78 is 0. The molecule has 0 aromatic carbocycles. The highest BCUT2D eigenvalue weighted by atomic mass is 16.2. The second-order valence-electron chi connectivity index (χ2n) is 8.10. The van der Waals surface area contributed by atoms with Gasteiger partial charge in [0.15, 0.2) is 0 Å². The van der Waals surface area contributed by atoms with Crippen molar-refractivity contribution in [2.45, 2.75) is 83.8 Å². The predicted molar refractivity (Wildman–Crippen MR) is 85.8 cm³/mol. The number of rotatable bonds is 3. The van der Waals surface area contributed by atoms with Gasteiger partial charge in [-0.2, -0.15) is 0 Å². The molecule has 1 heterocycles. The van der Waals surface area contributed by atoms with Gasteiger partial charge < -0.3 is 4.90 Å². The molecule has 0 bridgehead atoms. The summed E-state index contributed by atoms with van der Waals surface area (Å²) >= 11 is 0. The molecule has 2 aliphatic carbocycles. The van der Waals surface area contributed by atoms with Gasteiger partial charge >= 0.3 is 0 Å². The standard InChI is InChI=1S/C18H32N2O/c1-13(2)16-19-18(10-6-7-11-18)17(21)20(16)12-15-9-5-4-8-14(15)3/h13-16,19H,4-12H2,1-3H3. The van der Waals surface area contributed by atoms with Gasteiger partial charge in [-0.1, -0.05) is 52.9 Å². The van der Waals surface area contributed by atoms with E-state index in [2.05, 4.69) is 31.0 Å². The van der Waals surface area contributed by atoms with Crippen LogP contribution < -0.4 is 5.32 Å². The SMILES string of the molecule is CC(C)C1NC2(CCCC2)C(=O)N1CC1CCCCC1C. The third-order valence-corrected chi connectivity index (χ3v) is 6.24. The molecule has 1 spiro atoms. The molecule has 0 aromatic heterocycles. The molecule has 3 fully saturated rings. The smallest absolute Gasteiger partial charge is 0.244 e. The van der Waals surface area contributed by atoms with E-state index in [-0.39, 0.29) is 11.7 Å². The van der Waals surface area contributed by atoms with Gasteiger partial charge in [0, 0.05) is 6.54 Å². The predicted octanol–water partition coefficient (Wildman–Crippen LogP) is 3.54. The third kappa shape index (κ3) is 2.74. The van der Waals surface area contributed by atoms with Gasteiger partial charge in [0.05, 0.1) is 11.7 Å². The molecule has 0 radical (unpaired) electrons. The minimum atomic E-state index is -0.202. The number of amides is 1. The molecule has 3 unspecified atom stereocenters. The van der Waals surface area contributed by atoms with Gasteiger partial charge in [0.2, 0.25) is 5.91 Å². The zero-order chi connectivity index (χ0) is 15.0. The summed E-state index contributed by atoms with van der Waals surface area (Å²) in [5.41, 5.74) is -0.202. The Morgan fingerprint density at radius 3 is 2.48 bits per heavy atom. The monoisotopic (exact) mass is 292 g/mol. The number of nitrogens with one attached hydrogen (secondary N) is 1. The third-order valence-electron chi connectivity index (χ3n) is 6.24. The van der Waals surface area contributed by atoms with E-state index in [4.69, 9.17) is 0 Å². The second-order valence-corrected chi connectivity index (χ2v) is 8.10. The van der Waals surface area contributed by atoms with Gasteiger partial charge in [-0.3, -0.25) is 10.1 Å². The van der Waals surface area contributed by atoms with Crippen molar-refractivity contribution in [3.63, 3.8) is 0 Å². The van der Waals surface area contributed by atoms with Crippen molar-refractivity contribution in [2.24, 2.45) is 17.8 Å². The Balaban J connectivity index is 1.76. The molecule has 3 rings (SSSR count). The zero-order valence-electron chi connectivity index (χ0n) is 14.0. The van der Waals surface area contributed by atoms with Crippen LogP contribution in [0, 0.1) is 17.8 Å². The van der Waals surface area contributed by atoms with Gasteiger partial charge in [-0.05, 0) is 37.0 Å². The highest BCUT2D eigenvalue weighted by Crippen LogP contribution is 2.39. The van der Waals surface area contributed by atoms with Crippen molar-refractivity contribution in [3.8, 4) is 0 Å². The first-order chi connectivity index (χ1) is 10.0. The van der Waals surface area contributed by atoms with Crippen LogP contribution in [0.3, 0.4) is 0 Å². The zero-order valence-corrected chi connectivity index (χ0v) is 14.0. The van der Waals surface area contributed by atoms with E-state index in [1.54, 1.807) is 0 Å². The Hall–Kier alpha value is -0.570. The fourth-order valence-corrected chi connectivity index (χ4v) is 4.80. The first kappa shape index (κ1) is 15.3. The lowest BCUT2D eigenvalue weighted by Crippen LogP contribution is -2.46. The summed E-state index contributed by atoms with van der Waals surface area (Å²) in [6.45, 7) is 7.86. The number of nitrogens with zero attached hydrogens (tertiary/aromatic N) is 1. The van der Waals surface area contributed by atoms with E-state index < -0.39 is 0 Å². The fourth-order valence-electron chi connectivity index (χ4n) is 4.80. The maximum atomic E-state index is 13.1. The van der Waals surface area contributed by atoms with Crippen LogP contribution in [0.5, 0.6) is 0 Å². The molecular formula is C18H32N2O. The van der Waals surface area contributed by atoms with Crippen LogP contribution in [0.4, 0.5) is 0 Å². The van der Waals surface area contributed by atoms with Crippen molar-refractivity contribution in [1.29, 1.82) is 0 Å². The minimum absolute atomic E-state index is 0.202. The summed E-state index contributed by atoms with van der Waals surface area (Å²) in [6.07, 6.45) is 10.1. The van der Waals surface area contributed by atoms with Gasteiger partial charge in [0.25, 0.3) is 0 Å². The van der Waals surface area contributed by atoms with Crippen LogP contribution in [0.25, 0.3) is 0 Å². The topological polar surface area (TPSA) is 32.3 Å². The first-order valence-electron chi connectivity index (χ1n) is 9.12. The number of hydrogen-bond acceptors (Lipinski definition) is 2. The Labute approximate surface area is 129 Å². The van der Waals surface area contributed by atoms with Crippen LogP contribution in [0.15, 0.2) is 0 Å². The normalized spacial score (nSPS) is 36.1. The molecule has 2 saturated carbocycles. The Bertz CT molecular complexity index is 387. The average molecular weight is 292 g/mol. The van der Waals surface area contributed by atoms with Crippen LogP contribution >= 0.6 is 0 Å². The molecular weight excluding hydrogens is 260 g/mol. The molecule has 120 valence electrons. The number of carbonyl (C=O) groups is 1. The molecule has 1 saturated heterocycles. The van der Waals surface area contributed by atoms with Crippen molar-refractivity contribution in [1.82, 2.24) is 10.2 Å². The van der Waals surface area contributed by atoms with E-state index in [1.807, 2.05) is 0 Å². The summed E-state index contributed by atoms with van der Waals surface area (Å²) in [4.78, 5) is 15.3. The molecule has 3 nitrogen and oxygen atoms in total. The Morgan fingerprint density at radius 2 is 1.86 bits per heavy atom. The lowest BCUT2D eigenvalue weighted by Gasteiger charge is -2.35. The maximum absolute atomic E-state index is 13.1. The fraction of sp³-hybridized carbons (Fsp3) is 0.944.